The molecule has 0 unspecified atom stereocenters. The number of ether oxygens (including phenoxy) is 1. The predicted molar refractivity (Wildman–Crippen MR) is 95.6 cm³/mol. The van der Waals surface area contributed by atoms with Crippen LogP contribution in [0.3, 0.4) is 0 Å². The maximum absolute atomic E-state index is 12.1. The summed E-state index contributed by atoms with van der Waals surface area (Å²) in [6.07, 6.45) is 2.19. The Morgan fingerprint density at radius 3 is 2.21 bits per heavy atom. The van der Waals surface area contributed by atoms with Crippen molar-refractivity contribution in [2.45, 2.75) is 32.6 Å². The third kappa shape index (κ3) is 5.23. The SMILES string of the molecule is CCc1ccc(NC(=O)CCCC(=O)c2ccc(OC)cc2)cc1. The van der Waals surface area contributed by atoms with Gasteiger partial charge in [-0.1, -0.05) is 19.1 Å². The Morgan fingerprint density at radius 1 is 0.958 bits per heavy atom. The van der Waals surface area contributed by atoms with Gasteiger partial charge in [0.2, 0.25) is 5.91 Å². The first-order valence-electron chi connectivity index (χ1n) is 8.18. The van der Waals surface area contributed by atoms with E-state index in [1.165, 1.54) is 5.56 Å². The lowest BCUT2D eigenvalue weighted by Gasteiger charge is -2.06. The quantitative estimate of drug-likeness (QED) is 0.738. The van der Waals surface area contributed by atoms with E-state index in [4.69, 9.17) is 4.74 Å². The minimum atomic E-state index is -0.0678. The fraction of sp³-hybridized carbons (Fsp3) is 0.300. The predicted octanol–water partition coefficient (Wildman–Crippen LogP) is 4.25. The van der Waals surface area contributed by atoms with Crippen molar-refractivity contribution in [2.75, 3.05) is 12.4 Å². The molecular weight excluding hydrogens is 302 g/mol. The molecule has 0 aliphatic rings. The summed E-state index contributed by atoms with van der Waals surface area (Å²) in [6.45, 7) is 2.09. The second-order valence-corrected chi connectivity index (χ2v) is 5.60. The summed E-state index contributed by atoms with van der Waals surface area (Å²) in [5, 5.41) is 2.86. The summed E-state index contributed by atoms with van der Waals surface area (Å²) in [5.74, 6) is 0.694. The number of carbonyl (C=O) groups excluding carboxylic acids is 2. The number of aryl methyl sites for hydroxylation is 1. The second kappa shape index (κ2) is 8.87. The van der Waals surface area contributed by atoms with Gasteiger partial charge in [-0.05, 0) is 54.8 Å². The van der Waals surface area contributed by atoms with Gasteiger partial charge in [-0.3, -0.25) is 9.59 Å². The normalized spacial score (nSPS) is 10.2. The van der Waals surface area contributed by atoms with E-state index < -0.39 is 0 Å². The van der Waals surface area contributed by atoms with E-state index in [1.54, 1.807) is 31.4 Å². The Hall–Kier alpha value is -2.62. The topological polar surface area (TPSA) is 55.4 Å². The highest BCUT2D eigenvalue weighted by molar-refractivity contribution is 5.96. The number of hydrogen-bond acceptors (Lipinski definition) is 3. The average molecular weight is 325 g/mol. The molecular formula is C20H23NO3. The average Bonchev–Trinajstić information content (AvgIpc) is 2.62. The minimum Gasteiger partial charge on any atom is -0.497 e. The van der Waals surface area contributed by atoms with Crippen LogP contribution in [0.5, 0.6) is 5.75 Å². The number of rotatable bonds is 8. The fourth-order valence-corrected chi connectivity index (χ4v) is 2.38. The van der Waals surface area contributed by atoms with E-state index >= 15 is 0 Å². The fourth-order valence-electron chi connectivity index (χ4n) is 2.38. The monoisotopic (exact) mass is 325 g/mol. The number of amides is 1. The van der Waals surface area contributed by atoms with Crippen molar-refractivity contribution < 1.29 is 14.3 Å². The molecule has 0 saturated carbocycles. The molecule has 24 heavy (non-hydrogen) atoms. The number of carbonyl (C=O) groups is 2. The Labute approximate surface area is 142 Å². The van der Waals surface area contributed by atoms with Gasteiger partial charge in [-0.2, -0.15) is 0 Å². The third-order valence-corrected chi connectivity index (χ3v) is 3.87. The molecule has 1 amide bonds. The molecule has 4 heteroatoms. The second-order valence-electron chi connectivity index (χ2n) is 5.60. The van der Waals surface area contributed by atoms with Crippen molar-refractivity contribution in [1.82, 2.24) is 0 Å². The van der Waals surface area contributed by atoms with Crippen LogP contribution in [0.1, 0.15) is 42.1 Å². The van der Waals surface area contributed by atoms with Crippen LogP contribution in [0.25, 0.3) is 0 Å². The van der Waals surface area contributed by atoms with Gasteiger partial charge in [0.1, 0.15) is 5.75 Å². The van der Waals surface area contributed by atoms with Crippen LogP contribution in [0, 0.1) is 0 Å². The van der Waals surface area contributed by atoms with Gasteiger partial charge < -0.3 is 10.1 Å². The summed E-state index contributed by atoms with van der Waals surface area (Å²) < 4.78 is 5.07. The van der Waals surface area contributed by atoms with E-state index in [1.807, 2.05) is 24.3 Å². The third-order valence-electron chi connectivity index (χ3n) is 3.87. The maximum atomic E-state index is 12.1. The van der Waals surface area contributed by atoms with Crippen LogP contribution >= 0.6 is 0 Å². The van der Waals surface area contributed by atoms with Gasteiger partial charge >= 0.3 is 0 Å². The number of ketones is 1. The Morgan fingerprint density at radius 2 is 1.62 bits per heavy atom. The first-order valence-corrected chi connectivity index (χ1v) is 8.18. The molecule has 0 radical (unpaired) electrons. The number of benzene rings is 2. The van der Waals surface area contributed by atoms with Gasteiger partial charge in [0.05, 0.1) is 7.11 Å². The molecule has 1 N–H and O–H groups in total. The summed E-state index contributed by atoms with van der Waals surface area (Å²) in [5.41, 5.74) is 2.67. The summed E-state index contributed by atoms with van der Waals surface area (Å²) in [6, 6.07) is 14.8. The Kier molecular flexibility index (Phi) is 6.55. The molecule has 126 valence electrons. The number of methoxy groups -OCH3 is 1. The summed E-state index contributed by atoms with van der Waals surface area (Å²) in [4.78, 5) is 24.0. The molecule has 0 aliphatic carbocycles. The van der Waals surface area contributed by atoms with Crippen LogP contribution in [-0.4, -0.2) is 18.8 Å². The molecule has 4 nitrogen and oxygen atoms in total. The lowest BCUT2D eigenvalue weighted by Crippen LogP contribution is -2.12. The van der Waals surface area contributed by atoms with Crippen LogP contribution in [0.4, 0.5) is 5.69 Å². The first-order chi connectivity index (χ1) is 11.6. The molecule has 0 bridgehead atoms. The van der Waals surface area contributed by atoms with E-state index in [9.17, 15) is 9.59 Å². The highest BCUT2D eigenvalue weighted by atomic mass is 16.5. The lowest BCUT2D eigenvalue weighted by molar-refractivity contribution is -0.116. The van der Waals surface area contributed by atoms with Crippen molar-refractivity contribution >= 4 is 17.4 Å². The van der Waals surface area contributed by atoms with Crippen molar-refractivity contribution in [3.05, 3.63) is 59.7 Å². The van der Waals surface area contributed by atoms with Crippen LogP contribution < -0.4 is 10.1 Å². The minimum absolute atomic E-state index is 0.0396. The molecule has 2 rings (SSSR count). The van der Waals surface area contributed by atoms with Crippen molar-refractivity contribution in [2.24, 2.45) is 0 Å². The number of Topliss-reactive ketones (excluding diaryl/α,β-unsaturated/α-hetero) is 1. The zero-order valence-corrected chi connectivity index (χ0v) is 14.2. The number of anilines is 1. The summed E-state index contributed by atoms with van der Waals surface area (Å²) in [7, 11) is 1.59. The molecule has 0 spiro atoms. The van der Waals surface area contributed by atoms with Crippen LogP contribution in [0.15, 0.2) is 48.5 Å². The molecule has 0 aromatic heterocycles. The molecule has 2 aromatic carbocycles. The largest absolute Gasteiger partial charge is 0.497 e. The van der Waals surface area contributed by atoms with Gasteiger partial charge in [0.25, 0.3) is 0 Å². The van der Waals surface area contributed by atoms with Gasteiger partial charge in [-0.15, -0.1) is 0 Å². The smallest absolute Gasteiger partial charge is 0.224 e. The highest BCUT2D eigenvalue weighted by Gasteiger charge is 2.08. The molecule has 0 fully saturated rings. The van der Waals surface area contributed by atoms with Gasteiger partial charge in [0.15, 0.2) is 5.78 Å². The Balaban J connectivity index is 1.75. The van der Waals surface area contributed by atoms with Crippen molar-refractivity contribution in [1.29, 1.82) is 0 Å². The van der Waals surface area contributed by atoms with Crippen LogP contribution in [0.2, 0.25) is 0 Å². The standard InChI is InChI=1S/C20H23NO3/c1-3-15-7-11-17(12-8-15)21-20(23)6-4-5-19(22)16-9-13-18(24-2)14-10-16/h7-14H,3-6H2,1-2H3,(H,21,23). The molecule has 0 heterocycles. The molecule has 0 aliphatic heterocycles. The molecule has 0 atom stereocenters. The van der Waals surface area contributed by atoms with Crippen molar-refractivity contribution in [3.8, 4) is 5.75 Å². The number of hydrogen-bond donors (Lipinski definition) is 1. The molecule has 2 aromatic rings. The molecule has 0 saturated heterocycles. The van der Waals surface area contributed by atoms with E-state index in [2.05, 4.69) is 12.2 Å². The Bertz CT molecular complexity index is 675. The zero-order valence-electron chi connectivity index (χ0n) is 14.2. The zero-order chi connectivity index (χ0) is 17.4. The van der Waals surface area contributed by atoms with E-state index in [-0.39, 0.29) is 11.7 Å². The lowest BCUT2D eigenvalue weighted by atomic mass is 10.1. The van der Waals surface area contributed by atoms with E-state index in [0.29, 0.717) is 24.8 Å². The number of nitrogens with one attached hydrogen (secondary N) is 1. The van der Waals surface area contributed by atoms with Crippen LogP contribution in [-0.2, 0) is 11.2 Å². The van der Waals surface area contributed by atoms with Gasteiger partial charge in [0, 0.05) is 24.1 Å². The van der Waals surface area contributed by atoms with Crippen molar-refractivity contribution in [3.63, 3.8) is 0 Å². The maximum Gasteiger partial charge on any atom is 0.224 e. The van der Waals surface area contributed by atoms with Gasteiger partial charge in [-0.25, -0.2) is 0 Å². The summed E-state index contributed by atoms with van der Waals surface area (Å²) >= 11 is 0. The highest BCUT2D eigenvalue weighted by Crippen LogP contribution is 2.14. The van der Waals surface area contributed by atoms with E-state index in [0.717, 1.165) is 17.9 Å². The first kappa shape index (κ1) is 17.7.